The Morgan fingerprint density at radius 3 is 2.15 bits per heavy atom. The maximum Gasteiger partial charge on any atom is 0.324 e. The highest BCUT2D eigenvalue weighted by atomic mass is 16.2. The normalized spacial score (nSPS) is 14.5. The second kappa shape index (κ2) is 14.1. The molecule has 1 atom stereocenters. The summed E-state index contributed by atoms with van der Waals surface area (Å²) in [5, 5.41) is 10.7. The van der Waals surface area contributed by atoms with Crippen molar-refractivity contribution in [2.75, 3.05) is 23.7 Å². The van der Waals surface area contributed by atoms with Crippen molar-refractivity contribution in [2.24, 2.45) is 5.92 Å². The molecule has 4 aromatic rings. The molecule has 2 heterocycles. The van der Waals surface area contributed by atoms with Crippen molar-refractivity contribution >= 4 is 29.2 Å². The third-order valence-electron chi connectivity index (χ3n) is 8.65. The number of ketones is 1. The number of hydrogen-bond donors (Lipinski definition) is 2. The molecule has 8 heteroatoms. The van der Waals surface area contributed by atoms with Crippen LogP contribution in [0.15, 0.2) is 84.9 Å². The molecule has 1 aliphatic heterocycles. The molecule has 1 fully saturated rings. The van der Waals surface area contributed by atoms with E-state index in [0.717, 1.165) is 41.8 Å². The molecule has 0 radical (unpaired) electrons. The number of anilines is 2. The Morgan fingerprint density at radius 2 is 1.54 bits per heavy atom. The second-order valence-corrected chi connectivity index (χ2v) is 13.5. The number of rotatable bonds is 9. The topological polar surface area (TPSA) is 96.3 Å². The minimum atomic E-state index is -0.420. The van der Waals surface area contributed by atoms with Crippen LogP contribution in [-0.4, -0.2) is 45.5 Å². The summed E-state index contributed by atoms with van der Waals surface area (Å²) >= 11 is 0. The number of amides is 3. The molecule has 0 bridgehead atoms. The summed E-state index contributed by atoms with van der Waals surface area (Å²) in [6.45, 7) is 11.3. The van der Waals surface area contributed by atoms with Crippen LogP contribution >= 0.6 is 0 Å². The molecule has 240 valence electrons. The summed E-state index contributed by atoms with van der Waals surface area (Å²) in [4.78, 5) is 40.3. The molecule has 0 spiro atoms. The summed E-state index contributed by atoms with van der Waals surface area (Å²) in [5.41, 5.74) is 5.54. The van der Waals surface area contributed by atoms with Gasteiger partial charge in [0, 0.05) is 36.7 Å². The monoisotopic (exact) mass is 619 g/mol. The van der Waals surface area contributed by atoms with E-state index in [-0.39, 0.29) is 29.6 Å². The summed E-state index contributed by atoms with van der Waals surface area (Å²) in [7, 11) is 0. The first-order valence-corrected chi connectivity index (χ1v) is 16.1. The van der Waals surface area contributed by atoms with Gasteiger partial charge in [-0.05, 0) is 74.4 Å². The number of hydrogen-bond acceptors (Lipinski definition) is 4. The minimum absolute atomic E-state index is 0.0241. The molecular formula is C38H45N5O3. The van der Waals surface area contributed by atoms with Crippen LogP contribution in [0.1, 0.15) is 75.3 Å². The van der Waals surface area contributed by atoms with E-state index in [1.54, 1.807) is 11.6 Å². The fraction of sp³-hybridized carbons (Fsp3) is 0.368. The molecule has 5 rings (SSSR count). The lowest BCUT2D eigenvalue weighted by Gasteiger charge is -2.34. The molecule has 3 aromatic carbocycles. The number of nitrogens with zero attached hydrogens (tertiary/aromatic N) is 3. The van der Waals surface area contributed by atoms with Crippen LogP contribution in [0.3, 0.4) is 0 Å². The lowest BCUT2D eigenvalue weighted by molar-refractivity contribution is -0.136. The van der Waals surface area contributed by atoms with Gasteiger partial charge in [0.15, 0.2) is 0 Å². The molecule has 1 unspecified atom stereocenters. The van der Waals surface area contributed by atoms with Crippen LogP contribution in [0.25, 0.3) is 5.69 Å². The Morgan fingerprint density at radius 1 is 0.891 bits per heavy atom. The van der Waals surface area contributed by atoms with Crippen LogP contribution in [-0.2, 0) is 21.4 Å². The first-order valence-electron chi connectivity index (χ1n) is 16.1. The highest BCUT2D eigenvalue weighted by Crippen LogP contribution is 2.29. The minimum Gasteiger partial charge on any atom is -0.342 e. The van der Waals surface area contributed by atoms with E-state index in [1.807, 2.05) is 84.6 Å². The largest absolute Gasteiger partial charge is 0.342 e. The van der Waals surface area contributed by atoms with Gasteiger partial charge >= 0.3 is 6.03 Å². The molecule has 3 amide bonds. The number of Topliss-reactive ketones (excluding diaryl/α,β-unsaturated/α-hetero) is 1. The van der Waals surface area contributed by atoms with Crippen molar-refractivity contribution in [1.29, 1.82) is 0 Å². The molecule has 46 heavy (non-hydrogen) atoms. The lowest BCUT2D eigenvalue weighted by atomic mass is 9.88. The van der Waals surface area contributed by atoms with Crippen molar-refractivity contribution in [2.45, 2.75) is 71.6 Å². The van der Waals surface area contributed by atoms with Gasteiger partial charge in [0.2, 0.25) is 5.91 Å². The molecular weight excluding hydrogens is 574 g/mol. The van der Waals surface area contributed by atoms with Gasteiger partial charge in [-0.3, -0.25) is 14.9 Å². The quantitative estimate of drug-likeness (QED) is 0.201. The number of urea groups is 1. The van der Waals surface area contributed by atoms with Crippen LogP contribution in [0, 0.1) is 12.8 Å². The van der Waals surface area contributed by atoms with Gasteiger partial charge in [0.05, 0.1) is 17.3 Å². The van der Waals surface area contributed by atoms with Crippen LogP contribution in [0.5, 0.6) is 0 Å². The zero-order chi connectivity index (χ0) is 32.8. The predicted molar refractivity (Wildman–Crippen MR) is 184 cm³/mol. The number of aryl methyl sites for hydroxylation is 1. The molecule has 0 aliphatic carbocycles. The van der Waals surface area contributed by atoms with Gasteiger partial charge < -0.3 is 10.2 Å². The highest BCUT2D eigenvalue weighted by Gasteiger charge is 2.30. The van der Waals surface area contributed by atoms with Gasteiger partial charge in [-0.1, -0.05) is 80.9 Å². The number of benzene rings is 3. The number of aromatic nitrogens is 2. The Kier molecular flexibility index (Phi) is 10.0. The maximum atomic E-state index is 13.4. The van der Waals surface area contributed by atoms with Crippen LogP contribution in [0.2, 0.25) is 0 Å². The Balaban J connectivity index is 1.16. The first kappa shape index (κ1) is 32.7. The Bertz CT molecular complexity index is 1650. The van der Waals surface area contributed by atoms with E-state index < -0.39 is 5.92 Å². The molecule has 1 saturated heterocycles. The van der Waals surface area contributed by atoms with E-state index in [0.29, 0.717) is 30.5 Å². The molecule has 8 nitrogen and oxygen atoms in total. The number of nitrogens with one attached hydrogen (secondary N) is 2. The zero-order valence-corrected chi connectivity index (χ0v) is 27.5. The lowest BCUT2D eigenvalue weighted by Crippen LogP contribution is -2.41. The highest BCUT2D eigenvalue weighted by molar-refractivity contribution is 5.99. The number of likely N-dealkylation sites (tertiary alicyclic amines) is 1. The van der Waals surface area contributed by atoms with Crippen molar-refractivity contribution in [3.05, 3.63) is 107 Å². The fourth-order valence-electron chi connectivity index (χ4n) is 5.95. The summed E-state index contributed by atoms with van der Waals surface area (Å²) in [6, 6.07) is 27.2. The predicted octanol–water partition coefficient (Wildman–Crippen LogP) is 7.67. The van der Waals surface area contributed by atoms with Crippen LogP contribution in [0.4, 0.5) is 16.3 Å². The molecule has 0 saturated carbocycles. The summed E-state index contributed by atoms with van der Waals surface area (Å²) in [6.07, 6.45) is 2.98. The SMILES string of the molecule is CC(=O)CC(C(=O)N1CCC(Cc2ccc(NC(=O)Nc3cc(C(C)(C)C)nn3-c3ccc(C)cc3)cc2)CC1)c1ccccc1. The molecule has 1 aliphatic rings. The van der Waals surface area contributed by atoms with Crippen molar-refractivity contribution in [1.82, 2.24) is 14.7 Å². The second-order valence-electron chi connectivity index (χ2n) is 13.5. The summed E-state index contributed by atoms with van der Waals surface area (Å²) in [5.74, 6) is 0.717. The van der Waals surface area contributed by atoms with Gasteiger partial charge in [-0.2, -0.15) is 5.10 Å². The van der Waals surface area contributed by atoms with E-state index in [9.17, 15) is 14.4 Å². The number of carbonyl (C=O) groups is 3. The average Bonchev–Trinajstić information content (AvgIpc) is 3.46. The third kappa shape index (κ3) is 8.30. The third-order valence-corrected chi connectivity index (χ3v) is 8.65. The van der Waals surface area contributed by atoms with Crippen molar-refractivity contribution in [3.8, 4) is 5.69 Å². The maximum absolute atomic E-state index is 13.4. The number of carbonyl (C=O) groups excluding carboxylic acids is 3. The first-order chi connectivity index (χ1) is 22.0. The standard InChI is InChI=1S/C38H45N5O3/c1-26-11-17-32(18-12-26)43-35(25-34(41-43)38(3,4)5)40-37(46)39-31-15-13-28(14-16-31)24-29-19-21-42(22-20-29)36(45)33(23-27(2)44)30-9-7-6-8-10-30/h6-18,25,29,33H,19-24H2,1-5H3,(H2,39,40,46). The smallest absolute Gasteiger partial charge is 0.324 e. The van der Waals surface area contributed by atoms with Crippen molar-refractivity contribution in [3.63, 3.8) is 0 Å². The summed E-state index contributed by atoms with van der Waals surface area (Å²) < 4.78 is 1.77. The Hall–Kier alpha value is -4.72. The van der Waals surface area contributed by atoms with E-state index in [1.165, 1.54) is 5.56 Å². The number of piperidine rings is 1. The van der Waals surface area contributed by atoms with Crippen molar-refractivity contribution < 1.29 is 14.4 Å². The van der Waals surface area contributed by atoms with Crippen LogP contribution < -0.4 is 10.6 Å². The average molecular weight is 620 g/mol. The zero-order valence-electron chi connectivity index (χ0n) is 27.5. The molecule has 1 aromatic heterocycles. The van der Waals surface area contributed by atoms with Gasteiger partial charge in [-0.25, -0.2) is 9.48 Å². The van der Waals surface area contributed by atoms with Gasteiger partial charge in [0.25, 0.3) is 0 Å². The van der Waals surface area contributed by atoms with E-state index in [2.05, 4.69) is 43.5 Å². The van der Waals surface area contributed by atoms with E-state index in [4.69, 9.17) is 5.10 Å². The van der Waals surface area contributed by atoms with E-state index >= 15 is 0 Å². The van der Waals surface area contributed by atoms with Gasteiger partial charge in [-0.15, -0.1) is 0 Å². The molecule has 2 N–H and O–H groups in total. The van der Waals surface area contributed by atoms with Gasteiger partial charge in [0.1, 0.15) is 11.6 Å². The Labute approximate surface area is 272 Å². The fourth-order valence-corrected chi connectivity index (χ4v) is 5.95.